The van der Waals surface area contributed by atoms with Gasteiger partial charge in [0.15, 0.2) is 11.5 Å². The number of anilines is 2. The Kier molecular flexibility index (Phi) is 5.68. The Balaban J connectivity index is 1.85. The summed E-state index contributed by atoms with van der Waals surface area (Å²) in [6.07, 6.45) is 1.08. The number of fused-ring (bicyclic) bond motifs is 1. The van der Waals surface area contributed by atoms with Gasteiger partial charge in [-0.25, -0.2) is 19.3 Å². The van der Waals surface area contributed by atoms with Gasteiger partial charge in [0.1, 0.15) is 11.6 Å². The number of hydrogen-bond donors (Lipinski definition) is 1. The van der Waals surface area contributed by atoms with Gasteiger partial charge in [0.2, 0.25) is 12.8 Å². The molecule has 0 aliphatic rings. The number of nitrogens with one attached hydrogen (secondary N) is 1. The van der Waals surface area contributed by atoms with E-state index in [0.717, 1.165) is 14.9 Å². The molecule has 0 saturated carbocycles. The van der Waals surface area contributed by atoms with Gasteiger partial charge in [-0.1, -0.05) is 34.1 Å². The molecule has 0 saturated heterocycles. The largest absolute Gasteiger partial charge is 0.315 e. The van der Waals surface area contributed by atoms with Crippen LogP contribution in [0, 0.1) is 5.82 Å². The second-order valence-corrected chi connectivity index (χ2v) is 7.53. The van der Waals surface area contributed by atoms with Crippen LogP contribution in [0.3, 0.4) is 0 Å². The zero-order chi connectivity index (χ0) is 22.0. The summed E-state index contributed by atoms with van der Waals surface area (Å²) in [4.78, 5) is 36.7. The van der Waals surface area contributed by atoms with Crippen molar-refractivity contribution in [1.82, 2.24) is 15.0 Å². The summed E-state index contributed by atoms with van der Waals surface area (Å²) < 4.78 is 15.3. The van der Waals surface area contributed by atoms with Gasteiger partial charge in [-0.3, -0.25) is 9.59 Å². The minimum Gasteiger partial charge on any atom is -0.315 e. The third-order valence-electron chi connectivity index (χ3n) is 4.62. The number of pyridine rings is 1. The molecule has 0 radical (unpaired) electrons. The van der Waals surface area contributed by atoms with Gasteiger partial charge in [0.25, 0.3) is 0 Å². The lowest BCUT2D eigenvalue weighted by molar-refractivity contribution is -0.107. The van der Waals surface area contributed by atoms with Crippen molar-refractivity contribution < 1.29 is 14.0 Å². The van der Waals surface area contributed by atoms with Gasteiger partial charge in [0.05, 0.1) is 16.8 Å². The number of carbonyl (C=O) groups excluding carboxylic acids is 2. The van der Waals surface area contributed by atoms with Crippen molar-refractivity contribution in [2.24, 2.45) is 0 Å². The molecule has 0 aliphatic carbocycles. The van der Waals surface area contributed by atoms with Gasteiger partial charge >= 0.3 is 0 Å². The molecule has 4 rings (SSSR count). The van der Waals surface area contributed by atoms with Crippen molar-refractivity contribution >= 4 is 51.3 Å². The number of halogens is 2. The molecule has 31 heavy (non-hydrogen) atoms. The van der Waals surface area contributed by atoms with E-state index in [2.05, 4.69) is 36.2 Å². The molecule has 0 bridgehead atoms. The van der Waals surface area contributed by atoms with Crippen LogP contribution in [0.15, 0.2) is 59.1 Å². The third-order valence-corrected chi connectivity index (χ3v) is 5.11. The summed E-state index contributed by atoms with van der Waals surface area (Å²) in [5.41, 5.74) is 2.26. The van der Waals surface area contributed by atoms with E-state index in [-0.39, 0.29) is 5.69 Å². The summed E-state index contributed by atoms with van der Waals surface area (Å²) in [5, 5.41) is 3.14. The van der Waals surface area contributed by atoms with E-state index in [4.69, 9.17) is 0 Å². The zero-order valence-corrected chi connectivity index (χ0v) is 17.8. The van der Waals surface area contributed by atoms with Crippen molar-refractivity contribution in [3.8, 4) is 22.6 Å². The smallest absolute Gasteiger partial charge is 0.213 e. The molecule has 0 unspecified atom stereocenters. The first-order valence-electron chi connectivity index (χ1n) is 9.13. The number of rotatable bonds is 6. The summed E-state index contributed by atoms with van der Waals surface area (Å²) in [6.45, 7) is 0. The first-order chi connectivity index (χ1) is 15.0. The molecule has 0 spiro atoms. The molecule has 1 N–H and O–H groups in total. The van der Waals surface area contributed by atoms with Crippen LogP contribution in [-0.4, -0.2) is 34.8 Å². The van der Waals surface area contributed by atoms with Crippen molar-refractivity contribution in [2.75, 3.05) is 17.3 Å². The van der Waals surface area contributed by atoms with Gasteiger partial charge in [-0.05, 0) is 36.4 Å². The molecule has 9 heteroatoms. The predicted molar refractivity (Wildman–Crippen MR) is 120 cm³/mol. The highest BCUT2D eigenvalue weighted by Gasteiger charge is 2.14. The fourth-order valence-electron chi connectivity index (χ4n) is 3.10. The molecule has 0 atom stereocenters. The molecular weight excluding hydrogens is 465 g/mol. The Bertz CT molecular complexity index is 1310. The van der Waals surface area contributed by atoms with Crippen LogP contribution in [0.4, 0.5) is 15.9 Å². The van der Waals surface area contributed by atoms with E-state index in [9.17, 15) is 14.0 Å². The number of nitrogens with zero attached hydrogens (tertiary/aromatic N) is 4. The van der Waals surface area contributed by atoms with Crippen molar-refractivity contribution in [1.29, 1.82) is 0 Å². The minimum absolute atomic E-state index is 0.163. The summed E-state index contributed by atoms with van der Waals surface area (Å²) in [6, 6.07) is 15.3. The second-order valence-electron chi connectivity index (χ2n) is 6.62. The highest BCUT2D eigenvalue weighted by Crippen LogP contribution is 2.29. The van der Waals surface area contributed by atoms with Crippen LogP contribution in [-0.2, 0) is 9.59 Å². The van der Waals surface area contributed by atoms with Gasteiger partial charge in [-0.2, -0.15) is 0 Å². The first-order valence-corrected chi connectivity index (χ1v) is 9.92. The van der Waals surface area contributed by atoms with Gasteiger partial charge in [0, 0.05) is 22.6 Å². The normalized spacial score (nSPS) is 10.7. The van der Waals surface area contributed by atoms with E-state index in [1.807, 2.05) is 24.3 Å². The molecule has 0 fully saturated rings. The quantitative estimate of drug-likeness (QED) is 0.413. The van der Waals surface area contributed by atoms with Gasteiger partial charge in [-0.15, -0.1) is 0 Å². The Hall–Kier alpha value is -3.72. The summed E-state index contributed by atoms with van der Waals surface area (Å²) >= 11 is 3.42. The van der Waals surface area contributed by atoms with Crippen molar-refractivity contribution in [3.05, 3.63) is 64.9 Å². The molecule has 2 aromatic heterocycles. The maximum atomic E-state index is 14.5. The molecule has 2 aromatic carbocycles. The lowest BCUT2D eigenvalue weighted by atomic mass is 10.1. The highest BCUT2D eigenvalue weighted by molar-refractivity contribution is 9.10. The number of carbonyl (C=O) groups is 2. The maximum absolute atomic E-state index is 14.5. The lowest BCUT2D eigenvalue weighted by Crippen LogP contribution is -2.15. The Morgan fingerprint density at radius 3 is 2.55 bits per heavy atom. The van der Waals surface area contributed by atoms with E-state index in [0.29, 0.717) is 46.8 Å². The number of benzene rings is 2. The lowest BCUT2D eigenvalue weighted by Gasteiger charge is -2.13. The van der Waals surface area contributed by atoms with E-state index in [1.54, 1.807) is 18.2 Å². The standard InChI is InChI=1S/C22H15BrFN5O2/c1-29(12-31)19-8-5-13(10-17(19)24)18-7-6-16-21(25-11-30)27-20(28-22(16)26-18)14-3-2-4-15(23)9-14/h2-12H,1H3,(H,25,26,27,28,30). The molecule has 4 aromatic rings. The van der Waals surface area contributed by atoms with Crippen LogP contribution in [0.2, 0.25) is 0 Å². The predicted octanol–water partition coefficient (Wildman–Crippen LogP) is 4.42. The van der Waals surface area contributed by atoms with E-state index in [1.165, 1.54) is 19.2 Å². The molecule has 7 nitrogen and oxygen atoms in total. The van der Waals surface area contributed by atoms with Gasteiger partial charge < -0.3 is 10.2 Å². The van der Waals surface area contributed by atoms with Crippen LogP contribution in [0.1, 0.15) is 0 Å². The molecule has 2 amide bonds. The Morgan fingerprint density at radius 1 is 1.00 bits per heavy atom. The average Bonchev–Trinajstić information content (AvgIpc) is 2.78. The molecular formula is C22H15BrFN5O2. The molecule has 2 heterocycles. The van der Waals surface area contributed by atoms with Crippen molar-refractivity contribution in [3.63, 3.8) is 0 Å². The van der Waals surface area contributed by atoms with Crippen molar-refractivity contribution in [2.45, 2.75) is 0 Å². The molecule has 154 valence electrons. The number of amides is 2. The second kappa shape index (κ2) is 8.57. The molecule has 0 aliphatic heterocycles. The van der Waals surface area contributed by atoms with E-state index < -0.39 is 5.82 Å². The SMILES string of the molecule is CN(C=O)c1ccc(-c2ccc3c(NC=O)nc(-c4cccc(Br)c4)nc3n2)cc1F. The Labute approximate surface area is 185 Å². The van der Waals surface area contributed by atoms with Crippen LogP contribution >= 0.6 is 15.9 Å². The third kappa shape index (κ3) is 4.13. The average molecular weight is 480 g/mol. The fourth-order valence-corrected chi connectivity index (χ4v) is 3.50. The minimum atomic E-state index is -0.546. The monoisotopic (exact) mass is 479 g/mol. The number of hydrogen-bond acceptors (Lipinski definition) is 5. The maximum Gasteiger partial charge on any atom is 0.213 e. The Morgan fingerprint density at radius 2 is 1.84 bits per heavy atom. The zero-order valence-electron chi connectivity index (χ0n) is 16.2. The highest BCUT2D eigenvalue weighted by atomic mass is 79.9. The number of aromatic nitrogens is 3. The van der Waals surface area contributed by atoms with Crippen LogP contribution in [0.5, 0.6) is 0 Å². The van der Waals surface area contributed by atoms with Crippen LogP contribution in [0.25, 0.3) is 33.7 Å². The first kappa shape index (κ1) is 20.5. The fraction of sp³-hybridized carbons (Fsp3) is 0.0455. The van der Waals surface area contributed by atoms with E-state index >= 15 is 0 Å². The summed E-state index contributed by atoms with van der Waals surface area (Å²) in [5.74, 6) is 0.162. The van der Waals surface area contributed by atoms with Crippen LogP contribution < -0.4 is 10.2 Å². The topological polar surface area (TPSA) is 88.1 Å². The summed E-state index contributed by atoms with van der Waals surface area (Å²) in [7, 11) is 1.47.